The number of anilines is 3. The second-order valence-corrected chi connectivity index (χ2v) is 11.2. The van der Waals surface area contributed by atoms with E-state index in [0.717, 1.165) is 5.56 Å². The summed E-state index contributed by atoms with van der Waals surface area (Å²) in [6.07, 6.45) is 3.08. The molecule has 4 heterocycles. The highest BCUT2D eigenvalue weighted by Gasteiger charge is 2.36. The summed E-state index contributed by atoms with van der Waals surface area (Å²) < 4.78 is 31.1. The summed E-state index contributed by atoms with van der Waals surface area (Å²) in [6, 6.07) is 2.98. The molecule has 4 unspecified atom stereocenters. The van der Waals surface area contributed by atoms with Crippen LogP contribution >= 0.6 is 0 Å². The first-order valence-electron chi connectivity index (χ1n) is 14.1. The summed E-state index contributed by atoms with van der Waals surface area (Å²) in [6.45, 7) is 2.15. The van der Waals surface area contributed by atoms with Crippen molar-refractivity contribution in [1.29, 1.82) is 0 Å². The molecule has 0 saturated carbocycles. The number of likely N-dealkylation sites (tertiary alicyclic amines) is 1. The Balaban J connectivity index is 0.963. The van der Waals surface area contributed by atoms with Crippen LogP contribution in [-0.4, -0.2) is 98.0 Å². The second kappa shape index (κ2) is 11.8. The van der Waals surface area contributed by atoms with Gasteiger partial charge in [-0.15, -0.1) is 0 Å². The Bertz CT molecular complexity index is 1390. The summed E-state index contributed by atoms with van der Waals surface area (Å²) in [4.78, 5) is 48.6. The van der Waals surface area contributed by atoms with Crippen LogP contribution in [0.2, 0.25) is 0 Å². The fourth-order valence-corrected chi connectivity index (χ4v) is 6.06. The SMILES string of the molecule is COC1CC(C(=O)Nc2cc(F)c3c(c2)CC(CNCCC2CN(c4cnc5c(n4)NC(=O)CO5)C(=O)O2)C3)N(C)C1. The summed E-state index contributed by atoms with van der Waals surface area (Å²) in [5, 5.41) is 8.89. The summed E-state index contributed by atoms with van der Waals surface area (Å²) in [7, 11) is 3.53. The van der Waals surface area contributed by atoms with E-state index in [1.54, 1.807) is 7.11 Å². The number of carbonyl (C=O) groups excluding carboxylic acids is 3. The van der Waals surface area contributed by atoms with E-state index in [4.69, 9.17) is 14.2 Å². The lowest BCUT2D eigenvalue weighted by molar-refractivity contribution is -0.120. The number of cyclic esters (lactones) is 1. The summed E-state index contributed by atoms with van der Waals surface area (Å²) >= 11 is 0. The van der Waals surface area contributed by atoms with Crippen molar-refractivity contribution in [3.8, 4) is 5.88 Å². The quantitative estimate of drug-likeness (QED) is 0.370. The fourth-order valence-electron chi connectivity index (χ4n) is 6.06. The van der Waals surface area contributed by atoms with Crippen LogP contribution in [0, 0.1) is 11.7 Å². The Labute approximate surface area is 242 Å². The van der Waals surface area contributed by atoms with Crippen LogP contribution in [-0.2, 0) is 31.9 Å². The molecular formula is C28H34FN7O6. The van der Waals surface area contributed by atoms with Crippen molar-refractivity contribution in [2.75, 3.05) is 62.5 Å². The van der Waals surface area contributed by atoms with Crippen LogP contribution < -0.4 is 25.6 Å². The molecule has 6 rings (SSSR count). The maximum Gasteiger partial charge on any atom is 0.415 e. The first-order valence-corrected chi connectivity index (χ1v) is 14.1. The van der Waals surface area contributed by atoms with Crippen molar-refractivity contribution in [3.05, 3.63) is 35.3 Å². The largest absolute Gasteiger partial charge is 0.465 e. The number of amides is 3. The molecule has 0 bridgehead atoms. The molecule has 2 saturated heterocycles. The van der Waals surface area contributed by atoms with Gasteiger partial charge in [-0.3, -0.25) is 19.4 Å². The Morgan fingerprint density at radius 3 is 2.93 bits per heavy atom. The molecule has 4 aliphatic rings. The number of aromatic nitrogens is 2. The van der Waals surface area contributed by atoms with E-state index < -0.39 is 6.09 Å². The monoisotopic (exact) mass is 583 g/mol. The van der Waals surface area contributed by atoms with Crippen LogP contribution in [0.4, 0.5) is 26.5 Å². The first kappa shape index (κ1) is 28.2. The lowest BCUT2D eigenvalue weighted by Gasteiger charge is -2.18. The molecule has 42 heavy (non-hydrogen) atoms. The molecule has 224 valence electrons. The molecule has 0 spiro atoms. The number of likely N-dealkylation sites (N-methyl/N-ethyl adjacent to an activating group) is 1. The number of ether oxygens (including phenoxy) is 3. The number of hydrogen-bond donors (Lipinski definition) is 3. The highest BCUT2D eigenvalue weighted by Crippen LogP contribution is 2.32. The smallest absolute Gasteiger partial charge is 0.415 e. The highest BCUT2D eigenvalue weighted by atomic mass is 19.1. The van der Waals surface area contributed by atoms with Crippen LogP contribution in [0.3, 0.4) is 0 Å². The van der Waals surface area contributed by atoms with E-state index in [0.29, 0.717) is 63.1 Å². The molecule has 0 radical (unpaired) electrons. The summed E-state index contributed by atoms with van der Waals surface area (Å²) in [5.74, 6) is 0.0828. The molecule has 2 fully saturated rings. The zero-order chi connectivity index (χ0) is 29.4. The van der Waals surface area contributed by atoms with Gasteiger partial charge in [0.25, 0.3) is 11.8 Å². The molecule has 4 atom stereocenters. The predicted molar refractivity (Wildman–Crippen MR) is 149 cm³/mol. The number of benzene rings is 1. The van der Waals surface area contributed by atoms with Crippen molar-refractivity contribution >= 4 is 35.2 Å². The van der Waals surface area contributed by atoms with Crippen LogP contribution in [0.15, 0.2) is 18.3 Å². The van der Waals surface area contributed by atoms with Crippen molar-refractivity contribution in [3.63, 3.8) is 0 Å². The highest BCUT2D eigenvalue weighted by molar-refractivity contribution is 5.95. The van der Waals surface area contributed by atoms with E-state index >= 15 is 0 Å². The topological polar surface area (TPSA) is 147 Å². The molecule has 3 aliphatic heterocycles. The van der Waals surface area contributed by atoms with E-state index in [1.807, 2.05) is 18.0 Å². The zero-order valence-electron chi connectivity index (χ0n) is 23.5. The second-order valence-electron chi connectivity index (χ2n) is 11.2. The van der Waals surface area contributed by atoms with E-state index in [1.165, 1.54) is 17.2 Å². The van der Waals surface area contributed by atoms with Gasteiger partial charge in [0, 0.05) is 19.3 Å². The Hall–Kier alpha value is -3.88. The van der Waals surface area contributed by atoms with Gasteiger partial charge in [-0.25, -0.2) is 19.2 Å². The number of rotatable bonds is 9. The molecule has 2 aromatic rings. The molecule has 13 nitrogen and oxygen atoms in total. The fraction of sp³-hybridized carbons (Fsp3) is 0.536. The van der Waals surface area contributed by atoms with Gasteiger partial charge in [0.2, 0.25) is 5.91 Å². The zero-order valence-corrected chi connectivity index (χ0v) is 23.5. The average molecular weight is 584 g/mol. The van der Waals surface area contributed by atoms with Gasteiger partial charge >= 0.3 is 6.09 Å². The number of nitrogens with zero attached hydrogens (tertiary/aromatic N) is 4. The van der Waals surface area contributed by atoms with Crippen LogP contribution in [0.5, 0.6) is 5.88 Å². The molecule has 14 heteroatoms. The van der Waals surface area contributed by atoms with Gasteiger partial charge in [-0.1, -0.05) is 0 Å². The normalized spacial score (nSPS) is 25.1. The first-order chi connectivity index (χ1) is 20.3. The molecule has 1 aromatic heterocycles. The number of methoxy groups -OCH3 is 1. The van der Waals surface area contributed by atoms with Gasteiger partial charge in [-0.05, 0) is 75.0 Å². The maximum absolute atomic E-state index is 15.0. The molecular weight excluding hydrogens is 549 g/mol. The third kappa shape index (κ3) is 5.87. The number of hydrogen-bond acceptors (Lipinski definition) is 10. The molecule has 3 amide bonds. The predicted octanol–water partition coefficient (Wildman–Crippen LogP) is 1.32. The number of carbonyl (C=O) groups is 3. The van der Waals surface area contributed by atoms with E-state index in [-0.39, 0.29) is 65.9 Å². The number of fused-ring (bicyclic) bond motifs is 2. The van der Waals surface area contributed by atoms with Crippen LogP contribution in [0.1, 0.15) is 24.0 Å². The third-order valence-electron chi connectivity index (χ3n) is 8.25. The van der Waals surface area contributed by atoms with Gasteiger partial charge in [0.1, 0.15) is 11.9 Å². The number of nitrogens with one attached hydrogen (secondary N) is 3. The van der Waals surface area contributed by atoms with Gasteiger partial charge in [0.05, 0.1) is 24.9 Å². The Morgan fingerprint density at radius 2 is 2.12 bits per heavy atom. The average Bonchev–Trinajstić information content (AvgIpc) is 3.66. The number of halogens is 1. The molecule has 3 N–H and O–H groups in total. The lowest BCUT2D eigenvalue weighted by Crippen LogP contribution is -2.37. The lowest BCUT2D eigenvalue weighted by atomic mass is 10.1. The standard InChI is InChI=1S/C28H34FN7O6/c1-35-12-19(40-2)9-22(35)26(38)32-17-7-16-5-15(6-20(16)21(29)8-17)10-30-4-3-18-13-36(28(39)42-18)23-11-31-27-25(33-23)34-24(37)14-41-27/h7-8,11,15,18-19,22,30H,3-6,9-10,12-14H2,1-2H3,(H,32,38)(H,33,34,37). The minimum Gasteiger partial charge on any atom is -0.465 e. The van der Waals surface area contributed by atoms with E-state index in [2.05, 4.69) is 25.9 Å². The Kier molecular flexibility index (Phi) is 7.92. The molecule has 1 aliphatic carbocycles. The van der Waals surface area contributed by atoms with Crippen molar-refractivity contribution in [2.45, 2.75) is 43.9 Å². The van der Waals surface area contributed by atoms with Crippen LogP contribution in [0.25, 0.3) is 0 Å². The van der Waals surface area contributed by atoms with Crippen molar-refractivity contribution in [1.82, 2.24) is 20.2 Å². The van der Waals surface area contributed by atoms with Crippen molar-refractivity contribution in [2.24, 2.45) is 5.92 Å². The van der Waals surface area contributed by atoms with Gasteiger partial charge < -0.3 is 30.2 Å². The Morgan fingerprint density at radius 1 is 1.26 bits per heavy atom. The maximum atomic E-state index is 15.0. The minimum atomic E-state index is -0.528. The van der Waals surface area contributed by atoms with Gasteiger partial charge in [0.15, 0.2) is 18.2 Å². The third-order valence-corrected chi connectivity index (χ3v) is 8.25. The summed E-state index contributed by atoms with van der Waals surface area (Å²) in [5.41, 5.74) is 2.09. The minimum absolute atomic E-state index is 0.0139. The van der Waals surface area contributed by atoms with Gasteiger partial charge in [-0.2, -0.15) is 0 Å². The van der Waals surface area contributed by atoms with Crippen molar-refractivity contribution < 1.29 is 33.0 Å². The van der Waals surface area contributed by atoms with E-state index in [9.17, 15) is 18.8 Å². The molecule has 1 aromatic carbocycles.